The highest BCUT2D eigenvalue weighted by Gasteiger charge is 2.13. The molecule has 0 radical (unpaired) electrons. The fourth-order valence-corrected chi connectivity index (χ4v) is 1.95. The van der Waals surface area contributed by atoms with Gasteiger partial charge >= 0.3 is 0 Å². The number of benzene rings is 1. The lowest BCUT2D eigenvalue weighted by Gasteiger charge is -2.06. The van der Waals surface area contributed by atoms with Crippen LogP contribution in [0, 0.1) is 0 Å². The Kier molecular flexibility index (Phi) is 3.18. The number of aliphatic hydroxyl groups excluding tert-OH is 1. The predicted octanol–water partition coefficient (Wildman–Crippen LogP) is 2.57. The molecular formula is C15H12N2O3. The summed E-state index contributed by atoms with van der Waals surface area (Å²) in [4.78, 5) is 16.1. The van der Waals surface area contributed by atoms with Crippen LogP contribution in [-0.4, -0.2) is 16.0 Å². The molecule has 0 unspecified atom stereocenters. The first-order chi connectivity index (χ1) is 9.78. The Bertz CT molecular complexity index is 731. The van der Waals surface area contributed by atoms with Crippen molar-refractivity contribution in [3.8, 4) is 0 Å². The molecule has 0 aliphatic heterocycles. The van der Waals surface area contributed by atoms with Crippen LogP contribution in [0.3, 0.4) is 0 Å². The van der Waals surface area contributed by atoms with Crippen LogP contribution in [0.15, 0.2) is 53.2 Å². The highest BCUT2D eigenvalue weighted by atomic mass is 16.3. The van der Waals surface area contributed by atoms with E-state index in [1.807, 2.05) is 18.2 Å². The van der Waals surface area contributed by atoms with E-state index in [4.69, 9.17) is 4.42 Å². The highest BCUT2D eigenvalue weighted by Crippen LogP contribution is 2.20. The Balaban J connectivity index is 1.89. The fraction of sp³-hybridized carbons (Fsp3) is 0.0667. The molecule has 5 heteroatoms. The van der Waals surface area contributed by atoms with Crippen LogP contribution in [0.25, 0.3) is 11.0 Å². The third kappa shape index (κ3) is 2.26. The number of fused-ring (bicyclic) bond motifs is 1. The number of carbonyl (C=O) groups excluding carboxylic acids is 1. The van der Waals surface area contributed by atoms with E-state index in [0.29, 0.717) is 16.8 Å². The summed E-state index contributed by atoms with van der Waals surface area (Å²) >= 11 is 0. The first-order valence-corrected chi connectivity index (χ1v) is 6.11. The summed E-state index contributed by atoms with van der Waals surface area (Å²) in [5.41, 5.74) is 1.73. The molecule has 1 aromatic carbocycles. The molecule has 5 nitrogen and oxygen atoms in total. The Morgan fingerprint density at radius 3 is 2.95 bits per heavy atom. The van der Waals surface area contributed by atoms with Crippen LogP contribution >= 0.6 is 0 Å². The lowest BCUT2D eigenvalue weighted by atomic mass is 10.2. The van der Waals surface area contributed by atoms with Gasteiger partial charge in [0.2, 0.25) is 0 Å². The number of furan rings is 1. The molecule has 0 atom stereocenters. The third-order valence-corrected chi connectivity index (χ3v) is 2.98. The van der Waals surface area contributed by atoms with E-state index in [-0.39, 0.29) is 18.3 Å². The molecule has 0 saturated carbocycles. The predicted molar refractivity (Wildman–Crippen MR) is 74.3 cm³/mol. The molecule has 0 fully saturated rings. The molecule has 1 amide bonds. The maximum Gasteiger partial charge on any atom is 0.291 e. The number of amides is 1. The van der Waals surface area contributed by atoms with Gasteiger partial charge in [0.05, 0.1) is 18.5 Å². The summed E-state index contributed by atoms with van der Waals surface area (Å²) in [6, 6.07) is 10.7. The SMILES string of the molecule is O=C(Nc1cnccc1CO)c1cc2ccccc2o1. The first kappa shape index (κ1) is 12.4. The summed E-state index contributed by atoms with van der Waals surface area (Å²) < 4.78 is 5.48. The molecule has 100 valence electrons. The van der Waals surface area contributed by atoms with E-state index >= 15 is 0 Å². The van der Waals surface area contributed by atoms with Gasteiger partial charge in [0.15, 0.2) is 5.76 Å². The normalized spacial score (nSPS) is 10.7. The van der Waals surface area contributed by atoms with Crippen molar-refractivity contribution in [2.45, 2.75) is 6.61 Å². The van der Waals surface area contributed by atoms with Gasteiger partial charge < -0.3 is 14.8 Å². The van der Waals surface area contributed by atoms with E-state index < -0.39 is 0 Å². The van der Waals surface area contributed by atoms with Crippen molar-refractivity contribution in [1.82, 2.24) is 4.98 Å². The summed E-state index contributed by atoms with van der Waals surface area (Å²) in [6.45, 7) is -0.168. The topological polar surface area (TPSA) is 75.4 Å². The van der Waals surface area contributed by atoms with Crippen molar-refractivity contribution >= 4 is 22.6 Å². The molecule has 2 aromatic heterocycles. The van der Waals surface area contributed by atoms with Crippen molar-refractivity contribution in [3.63, 3.8) is 0 Å². The molecule has 2 N–H and O–H groups in total. The summed E-state index contributed by atoms with van der Waals surface area (Å²) in [7, 11) is 0. The molecular weight excluding hydrogens is 256 g/mol. The van der Waals surface area contributed by atoms with Crippen molar-refractivity contribution in [2.24, 2.45) is 0 Å². The van der Waals surface area contributed by atoms with Crippen molar-refractivity contribution in [3.05, 3.63) is 60.1 Å². The fourth-order valence-electron chi connectivity index (χ4n) is 1.95. The number of anilines is 1. The van der Waals surface area contributed by atoms with Crippen LogP contribution in [-0.2, 0) is 6.61 Å². The van der Waals surface area contributed by atoms with E-state index in [2.05, 4.69) is 10.3 Å². The number of hydrogen-bond acceptors (Lipinski definition) is 4. The number of aromatic nitrogens is 1. The molecule has 0 aliphatic carbocycles. The molecule has 0 saturated heterocycles. The van der Waals surface area contributed by atoms with Gasteiger partial charge in [-0.15, -0.1) is 0 Å². The van der Waals surface area contributed by atoms with Gasteiger partial charge in [0, 0.05) is 17.1 Å². The van der Waals surface area contributed by atoms with Gasteiger partial charge in [-0.2, -0.15) is 0 Å². The van der Waals surface area contributed by atoms with Crippen LogP contribution in [0.1, 0.15) is 16.1 Å². The molecule has 3 aromatic rings. The zero-order valence-electron chi connectivity index (χ0n) is 10.5. The highest BCUT2D eigenvalue weighted by molar-refractivity contribution is 6.04. The number of pyridine rings is 1. The summed E-state index contributed by atoms with van der Waals surface area (Å²) in [5, 5.41) is 12.8. The van der Waals surface area contributed by atoms with Crippen LogP contribution < -0.4 is 5.32 Å². The summed E-state index contributed by atoms with van der Waals surface area (Å²) in [6.07, 6.45) is 3.05. The Labute approximate surface area is 114 Å². The zero-order chi connectivity index (χ0) is 13.9. The molecule has 20 heavy (non-hydrogen) atoms. The number of rotatable bonds is 3. The zero-order valence-corrected chi connectivity index (χ0v) is 10.5. The van der Waals surface area contributed by atoms with Crippen molar-refractivity contribution in [2.75, 3.05) is 5.32 Å². The maximum atomic E-state index is 12.1. The average molecular weight is 268 g/mol. The minimum Gasteiger partial charge on any atom is -0.451 e. The van der Waals surface area contributed by atoms with Crippen molar-refractivity contribution < 1.29 is 14.3 Å². The average Bonchev–Trinajstić information content (AvgIpc) is 2.92. The number of carbonyl (C=O) groups is 1. The van der Waals surface area contributed by atoms with Crippen LogP contribution in [0.2, 0.25) is 0 Å². The van der Waals surface area contributed by atoms with Gasteiger partial charge in [0.1, 0.15) is 5.58 Å². The smallest absolute Gasteiger partial charge is 0.291 e. The molecule has 3 rings (SSSR count). The third-order valence-electron chi connectivity index (χ3n) is 2.98. The van der Waals surface area contributed by atoms with Gasteiger partial charge in [0.25, 0.3) is 5.91 Å². The second-order valence-corrected chi connectivity index (χ2v) is 4.29. The quantitative estimate of drug-likeness (QED) is 0.765. The van der Waals surface area contributed by atoms with Crippen LogP contribution in [0.4, 0.5) is 5.69 Å². The second kappa shape index (κ2) is 5.14. The van der Waals surface area contributed by atoms with E-state index in [0.717, 1.165) is 5.39 Å². The standard InChI is InChI=1S/C15H12N2O3/c18-9-11-5-6-16-8-12(11)17-15(19)14-7-10-3-1-2-4-13(10)20-14/h1-8,18H,9H2,(H,17,19). The van der Waals surface area contributed by atoms with E-state index in [9.17, 15) is 9.90 Å². The molecule has 0 bridgehead atoms. The number of para-hydroxylation sites is 1. The number of nitrogens with one attached hydrogen (secondary N) is 1. The monoisotopic (exact) mass is 268 g/mol. The van der Waals surface area contributed by atoms with E-state index in [1.165, 1.54) is 6.20 Å². The van der Waals surface area contributed by atoms with Gasteiger partial charge in [-0.25, -0.2) is 0 Å². The lowest BCUT2D eigenvalue weighted by molar-refractivity contribution is 0.0998. The summed E-state index contributed by atoms with van der Waals surface area (Å²) in [5.74, 6) is -0.150. The molecule has 0 spiro atoms. The molecule has 2 heterocycles. The largest absolute Gasteiger partial charge is 0.451 e. The van der Waals surface area contributed by atoms with Crippen LogP contribution in [0.5, 0.6) is 0 Å². The van der Waals surface area contributed by atoms with Gasteiger partial charge in [-0.05, 0) is 18.2 Å². The first-order valence-electron chi connectivity index (χ1n) is 6.11. The number of hydrogen-bond donors (Lipinski definition) is 2. The van der Waals surface area contributed by atoms with Crippen molar-refractivity contribution in [1.29, 1.82) is 0 Å². The maximum absolute atomic E-state index is 12.1. The Hall–Kier alpha value is -2.66. The number of nitrogens with zero attached hydrogens (tertiary/aromatic N) is 1. The number of aliphatic hydroxyl groups is 1. The van der Waals surface area contributed by atoms with E-state index in [1.54, 1.807) is 24.4 Å². The van der Waals surface area contributed by atoms with Gasteiger partial charge in [-0.3, -0.25) is 9.78 Å². The lowest BCUT2D eigenvalue weighted by Crippen LogP contribution is -2.12. The Morgan fingerprint density at radius 2 is 2.15 bits per heavy atom. The molecule has 0 aliphatic rings. The Morgan fingerprint density at radius 1 is 1.30 bits per heavy atom. The minimum absolute atomic E-state index is 0.168. The second-order valence-electron chi connectivity index (χ2n) is 4.29. The van der Waals surface area contributed by atoms with Gasteiger partial charge in [-0.1, -0.05) is 18.2 Å². The minimum atomic E-state index is -0.371.